The molecule has 0 amide bonds. The summed E-state index contributed by atoms with van der Waals surface area (Å²) in [5.41, 5.74) is 1.40. The van der Waals surface area contributed by atoms with E-state index in [0.717, 1.165) is 19.2 Å². The molecular weight excluding hydrogens is 400 g/mol. The van der Waals surface area contributed by atoms with Gasteiger partial charge >= 0.3 is 0 Å². The van der Waals surface area contributed by atoms with Crippen LogP contribution < -0.4 is 5.32 Å². The third kappa shape index (κ3) is 3.42. The molecule has 6 heteroatoms. The molecule has 1 N–H and O–H groups in total. The summed E-state index contributed by atoms with van der Waals surface area (Å²) in [5, 5.41) is 3.13. The molecule has 1 nitrogen and oxygen atoms in total. The van der Waals surface area contributed by atoms with Crippen LogP contribution in [0.2, 0.25) is 0 Å². The van der Waals surface area contributed by atoms with E-state index in [4.69, 9.17) is 0 Å². The predicted octanol–water partition coefficient (Wildman–Crippen LogP) is 5.05. The van der Waals surface area contributed by atoms with Crippen molar-refractivity contribution >= 4 is 43.2 Å². The van der Waals surface area contributed by atoms with Crippen LogP contribution in [-0.2, 0) is 6.42 Å². The number of benzene rings is 1. The molecule has 0 bridgehead atoms. The Morgan fingerprint density at radius 3 is 2.63 bits per heavy atom. The third-order valence-corrected chi connectivity index (χ3v) is 5.25. The first kappa shape index (κ1) is 15.1. The Balaban J connectivity index is 2.29. The van der Waals surface area contributed by atoms with E-state index in [1.54, 1.807) is 24.5 Å². The van der Waals surface area contributed by atoms with Crippen molar-refractivity contribution in [2.45, 2.75) is 12.5 Å². The van der Waals surface area contributed by atoms with Gasteiger partial charge in [0.15, 0.2) is 11.6 Å². The van der Waals surface area contributed by atoms with Crippen LogP contribution in [0, 0.1) is 11.6 Å². The minimum atomic E-state index is -0.807. The van der Waals surface area contributed by atoms with E-state index in [2.05, 4.69) is 37.2 Å². The Morgan fingerprint density at radius 1 is 1.32 bits per heavy atom. The van der Waals surface area contributed by atoms with E-state index in [0.29, 0.717) is 12.0 Å². The maximum absolute atomic E-state index is 13.7. The molecule has 0 aliphatic heterocycles. The van der Waals surface area contributed by atoms with Crippen molar-refractivity contribution in [3.63, 3.8) is 0 Å². The maximum Gasteiger partial charge on any atom is 0.162 e. The number of halogens is 4. The van der Waals surface area contributed by atoms with Crippen LogP contribution in [0.5, 0.6) is 0 Å². The van der Waals surface area contributed by atoms with E-state index in [9.17, 15) is 8.78 Å². The van der Waals surface area contributed by atoms with Crippen LogP contribution in [-0.4, -0.2) is 7.05 Å². The van der Waals surface area contributed by atoms with Gasteiger partial charge in [0.05, 0.1) is 7.57 Å². The summed E-state index contributed by atoms with van der Waals surface area (Å²) in [7, 11) is 1.81. The van der Waals surface area contributed by atoms with Gasteiger partial charge in [0.25, 0.3) is 0 Å². The second-order valence-corrected chi connectivity index (χ2v) is 7.79. The highest BCUT2D eigenvalue weighted by atomic mass is 79.9. The smallest absolute Gasteiger partial charge is 0.162 e. The van der Waals surface area contributed by atoms with Crippen LogP contribution >= 0.6 is 43.2 Å². The normalized spacial score (nSPS) is 12.7. The average Bonchev–Trinajstić information content (AvgIpc) is 2.70. The van der Waals surface area contributed by atoms with Gasteiger partial charge in [-0.3, -0.25) is 0 Å². The molecule has 0 saturated heterocycles. The van der Waals surface area contributed by atoms with E-state index < -0.39 is 11.6 Å². The van der Waals surface area contributed by atoms with Gasteiger partial charge in [0.1, 0.15) is 0 Å². The fraction of sp³-hybridized carbons (Fsp3) is 0.231. The molecule has 1 heterocycles. The van der Waals surface area contributed by atoms with Crippen LogP contribution in [0.4, 0.5) is 8.78 Å². The van der Waals surface area contributed by atoms with Crippen LogP contribution in [0.15, 0.2) is 31.8 Å². The summed E-state index contributed by atoms with van der Waals surface area (Å²) in [6.07, 6.45) is 0.391. The van der Waals surface area contributed by atoms with Gasteiger partial charge in [0, 0.05) is 6.04 Å². The zero-order valence-corrected chi connectivity index (χ0v) is 14.0. The number of likely N-dealkylation sites (N-methyl/N-ethyl adjacent to an activating group) is 1. The van der Waals surface area contributed by atoms with Gasteiger partial charge in [-0.25, -0.2) is 8.78 Å². The summed E-state index contributed by atoms with van der Waals surface area (Å²) < 4.78 is 28.9. The molecule has 1 aromatic carbocycles. The molecule has 0 radical (unpaired) electrons. The summed E-state index contributed by atoms with van der Waals surface area (Å²) in [4.78, 5) is 0. The molecule has 1 aromatic heterocycles. The van der Waals surface area contributed by atoms with Crippen molar-refractivity contribution in [2.75, 3.05) is 7.05 Å². The van der Waals surface area contributed by atoms with Crippen molar-refractivity contribution in [3.8, 4) is 0 Å². The lowest BCUT2D eigenvalue weighted by atomic mass is 10.0. The zero-order chi connectivity index (χ0) is 14.0. The SMILES string of the molecule is CNC(Cc1cccc(F)c1F)c1cc(Br)sc1Br. The van der Waals surface area contributed by atoms with E-state index in [1.807, 2.05) is 6.07 Å². The first-order chi connectivity index (χ1) is 9.02. The molecule has 1 unspecified atom stereocenters. The Hall–Kier alpha value is -0.300. The van der Waals surface area contributed by atoms with Crippen molar-refractivity contribution in [3.05, 3.63) is 54.6 Å². The summed E-state index contributed by atoms with van der Waals surface area (Å²) in [5.74, 6) is -1.58. The minimum Gasteiger partial charge on any atom is -0.313 e. The van der Waals surface area contributed by atoms with Crippen molar-refractivity contribution in [1.29, 1.82) is 0 Å². The quantitative estimate of drug-likeness (QED) is 0.743. The molecule has 0 aliphatic rings. The first-order valence-corrected chi connectivity index (χ1v) is 7.98. The highest BCUT2D eigenvalue weighted by Gasteiger charge is 2.18. The Labute approximate surface area is 131 Å². The lowest BCUT2D eigenvalue weighted by Crippen LogP contribution is -2.19. The second-order valence-electron chi connectivity index (χ2n) is 4.04. The van der Waals surface area contributed by atoms with Gasteiger partial charge in [0.2, 0.25) is 0 Å². The highest BCUT2D eigenvalue weighted by Crippen LogP contribution is 2.36. The second kappa shape index (κ2) is 6.43. The van der Waals surface area contributed by atoms with E-state index in [1.165, 1.54) is 6.07 Å². The van der Waals surface area contributed by atoms with Crippen molar-refractivity contribution in [1.82, 2.24) is 5.32 Å². The summed E-state index contributed by atoms with van der Waals surface area (Å²) in [6, 6.07) is 6.17. The van der Waals surface area contributed by atoms with Crippen molar-refractivity contribution in [2.24, 2.45) is 0 Å². The molecular formula is C13H11Br2F2NS. The lowest BCUT2D eigenvalue weighted by molar-refractivity contribution is 0.487. The zero-order valence-electron chi connectivity index (χ0n) is 10.0. The van der Waals surface area contributed by atoms with Gasteiger partial charge in [-0.15, -0.1) is 11.3 Å². The Morgan fingerprint density at radius 2 is 2.05 bits per heavy atom. The predicted molar refractivity (Wildman–Crippen MR) is 81.6 cm³/mol. The molecule has 102 valence electrons. The number of hydrogen-bond acceptors (Lipinski definition) is 2. The third-order valence-electron chi connectivity index (χ3n) is 2.86. The van der Waals surface area contributed by atoms with Crippen LogP contribution in [0.3, 0.4) is 0 Å². The molecule has 2 rings (SSSR count). The van der Waals surface area contributed by atoms with Crippen LogP contribution in [0.25, 0.3) is 0 Å². The maximum atomic E-state index is 13.7. The highest BCUT2D eigenvalue weighted by molar-refractivity contribution is 9.12. The Kier molecular flexibility index (Phi) is 5.11. The number of rotatable bonds is 4. The molecule has 1 atom stereocenters. The number of thiophene rings is 1. The van der Waals surface area contributed by atoms with E-state index >= 15 is 0 Å². The lowest BCUT2D eigenvalue weighted by Gasteiger charge is -2.16. The topological polar surface area (TPSA) is 12.0 Å². The molecule has 0 spiro atoms. The van der Waals surface area contributed by atoms with E-state index in [-0.39, 0.29) is 6.04 Å². The number of hydrogen-bond donors (Lipinski definition) is 1. The fourth-order valence-electron chi connectivity index (χ4n) is 1.88. The molecule has 0 aliphatic carbocycles. The summed E-state index contributed by atoms with van der Waals surface area (Å²) >= 11 is 8.46. The number of nitrogens with one attached hydrogen (secondary N) is 1. The average molecular weight is 411 g/mol. The molecule has 19 heavy (non-hydrogen) atoms. The van der Waals surface area contributed by atoms with Crippen LogP contribution in [0.1, 0.15) is 17.2 Å². The summed E-state index contributed by atoms with van der Waals surface area (Å²) in [6.45, 7) is 0. The Bertz CT molecular complexity index is 586. The molecule has 0 saturated carbocycles. The monoisotopic (exact) mass is 409 g/mol. The van der Waals surface area contributed by atoms with Gasteiger partial charge in [-0.05, 0) is 68.6 Å². The molecule has 0 fully saturated rings. The van der Waals surface area contributed by atoms with Gasteiger partial charge in [-0.1, -0.05) is 12.1 Å². The van der Waals surface area contributed by atoms with Gasteiger partial charge < -0.3 is 5.32 Å². The minimum absolute atomic E-state index is 0.0757. The fourth-order valence-corrected chi connectivity index (χ4v) is 4.86. The van der Waals surface area contributed by atoms with Gasteiger partial charge in [-0.2, -0.15) is 0 Å². The largest absolute Gasteiger partial charge is 0.313 e. The first-order valence-electron chi connectivity index (χ1n) is 5.57. The van der Waals surface area contributed by atoms with Crippen molar-refractivity contribution < 1.29 is 8.78 Å². The standard InChI is InChI=1S/C13H11Br2F2NS/c1-18-10(8-6-11(14)19-13(8)15)5-7-3-2-4-9(16)12(7)17/h2-4,6,10,18H,5H2,1H3. The molecule has 2 aromatic rings.